The van der Waals surface area contributed by atoms with Gasteiger partial charge in [-0.25, -0.2) is 0 Å². The van der Waals surface area contributed by atoms with E-state index in [1.165, 1.54) is 0 Å². The van der Waals surface area contributed by atoms with Gasteiger partial charge in [0.05, 0.1) is 13.7 Å². The number of likely N-dealkylation sites (N-methyl/N-ethyl adjacent to an activating group) is 1. The number of nitrogens with one attached hydrogen (secondary N) is 2. The monoisotopic (exact) mass is 333 g/mol. The van der Waals surface area contributed by atoms with E-state index in [9.17, 15) is 4.79 Å². The second kappa shape index (κ2) is 8.56. The smallest absolute Gasteiger partial charge is 0.279 e. The van der Waals surface area contributed by atoms with Crippen LogP contribution in [0.5, 0.6) is 5.75 Å². The predicted octanol–water partition coefficient (Wildman–Crippen LogP) is 2.39. The Bertz CT molecular complexity index is 661. The second-order valence-corrected chi connectivity index (χ2v) is 5.74. The summed E-state index contributed by atoms with van der Waals surface area (Å²) in [6, 6.07) is 15.1. The number of quaternary nitrogens is 1. The number of benzene rings is 2. The van der Waals surface area contributed by atoms with Gasteiger partial charge in [0.25, 0.3) is 5.91 Å². The molecule has 1 amide bonds. The Labute approximate surface area is 142 Å². The van der Waals surface area contributed by atoms with E-state index in [4.69, 9.17) is 16.3 Å². The fourth-order valence-corrected chi connectivity index (χ4v) is 2.56. The second-order valence-electron chi connectivity index (χ2n) is 5.33. The Morgan fingerprint density at radius 1 is 1.22 bits per heavy atom. The summed E-state index contributed by atoms with van der Waals surface area (Å²) in [6.07, 6.45) is 0. The van der Waals surface area contributed by atoms with Gasteiger partial charge in [-0.1, -0.05) is 35.9 Å². The van der Waals surface area contributed by atoms with Gasteiger partial charge in [-0.2, -0.15) is 0 Å². The Kier molecular flexibility index (Phi) is 6.44. The number of hydrogen-bond donors (Lipinski definition) is 2. The zero-order valence-corrected chi connectivity index (χ0v) is 14.2. The molecule has 2 aromatic carbocycles. The first-order valence-corrected chi connectivity index (χ1v) is 8.01. The molecule has 2 N–H and O–H groups in total. The van der Waals surface area contributed by atoms with Gasteiger partial charge in [-0.05, 0) is 25.1 Å². The zero-order chi connectivity index (χ0) is 16.7. The number of amides is 1. The lowest BCUT2D eigenvalue weighted by molar-refractivity contribution is -0.903. The van der Waals surface area contributed by atoms with Gasteiger partial charge in [0, 0.05) is 22.3 Å². The Balaban J connectivity index is 1.95. The summed E-state index contributed by atoms with van der Waals surface area (Å²) in [6.45, 7) is 4.02. The molecular weight excluding hydrogens is 312 g/mol. The van der Waals surface area contributed by atoms with Crippen molar-refractivity contribution in [2.45, 2.75) is 13.5 Å². The highest BCUT2D eigenvalue weighted by molar-refractivity contribution is 6.31. The summed E-state index contributed by atoms with van der Waals surface area (Å²) >= 11 is 6.20. The molecule has 1 atom stereocenters. The molecule has 0 aliphatic carbocycles. The van der Waals surface area contributed by atoms with Crippen molar-refractivity contribution >= 4 is 23.2 Å². The van der Waals surface area contributed by atoms with Crippen molar-refractivity contribution in [3.05, 3.63) is 59.1 Å². The van der Waals surface area contributed by atoms with E-state index < -0.39 is 0 Å². The molecule has 23 heavy (non-hydrogen) atoms. The number of hydrogen-bond acceptors (Lipinski definition) is 2. The maximum Gasteiger partial charge on any atom is 0.279 e. The molecule has 2 rings (SSSR count). The van der Waals surface area contributed by atoms with E-state index in [0.29, 0.717) is 6.54 Å². The highest BCUT2D eigenvalue weighted by atomic mass is 35.5. The lowest BCUT2D eigenvalue weighted by Crippen LogP contribution is -3.11. The predicted molar refractivity (Wildman–Crippen MR) is 93.2 cm³/mol. The first-order chi connectivity index (χ1) is 11.1. The van der Waals surface area contributed by atoms with Crippen LogP contribution in [0, 0.1) is 0 Å². The number of ether oxygens (including phenoxy) is 1. The zero-order valence-electron chi connectivity index (χ0n) is 13.4. The summed E-state index contributed by atoms with van der Waals surface area (Å²) < 4.78 is 5.16. The molecule has 0 saturated carbocycles. The fourth-order valence-electron chi connectivity index (χ4n) is 2.36. The number of anilines is 1. The van der Waals surface area contributed by atoms with E-state index in [1.807, 2.05) is 42.5 Å². The van der Waals surface area contributed by atoms with Gasteiger partial charge in [0.1, 0.15) is 12.3 Å². The quantitative estimate of drug-likeness (QED) is 0.817. The number of carbonyl (C=O) groups excluding carboxylic acids is 1. The van der Waals surface area contributed by atoms with Crippen molar-refractivity contribution in [2.24, 2.45) is 0 Å². The van der Waals surface area contributed by atoms with Crippen LogP contribution in [-0.4, -0.2) is 26.1 Å². The summed E-state index contributed by atoms with van der Waals surface area (Å²) in [4.78, 5) is 13.4. The lowest BCUT2D eigenvalue weighted by Gasteiger charge is -2.18. The van der Waals surface area contributed by atoms with Crippen molar-refractivity contribution in [2.75, 3.05) is 25.5 Å². The van der Waals surface area contributed by atoms with Crippen molar-refractivity contribution in [1.82, 2.24) is 0 Å². The SMILES string of the molecule is CC[NH+](CC(=O)Nc1cccc(OC)c1)Cc1ccccc1Cl. The van der Waals surface area contributed by atoms with E-state index in [2.05, 4.69) is 12.2 Å². The van der Waals surface area contributed by atoms with Gasteiger partial charge >= 0.3 is 0 Å². The minimum Gasteiger partial charge on any atom is -0.497 e. The summed E-state index contributed by atoms with van der Waals surface area (Å²) in [5, 5.41) is 3.65. The molecular formula is C18H22ClN2O2+. The van der Waals surface area contributed by atoms with Crippen LogP contribution in [0.4, 0.5) is 5.69 Å². The molecule has 0 aliphatic heterocycles. The van der Waals surface area contributed by atoms with Crippen LogP contribution >= 0.6 is 11.6 Å². The third-order valence-electron chi connectivity index (χ3n) is 3.66. The molecule has 0 aromatic heterocycles. The van der Waals surface area contributed by atoms with E-state index in [0.717, 1.165) is 40.0 Å². The molecule has 5 heteroatoms. The van der Waals surface area contributed by atoms with Crippen LogP contribution in [-0.2, 0) is 11.3 Å². The molecule has 4 nitrogen and oxygen atoms in total. The lowest BCUT2D eigenvalue weighted by atomic mass is 10.2. The number of rotatable bonds is 7. The first-order valence-electron chi connectivity index (χ1n) is 7.63. The molecule has 1 unspecified atom stereocenters. The Hall–Kier alpha value is -2.04. The third-order valence-corrected chi connectivity index (χ3v) is 4.03. The maximum atomic E-state index is 12.3. The van der Waals surface area contributed by atoms with Gasteiger partial charge in [0.2, 0.25) is 0 Å². The average molecular weight is 334 g/mol. The Morgan fingerprint density at radius 2 is 2.00 bits per heavy atom. The van der Waals surface area contributed by atoms with Crippen LogP contribution in [0.2, 0.25) is 5.02 Å². The highest BCUT2D eigenvalue weighted by Crippen LogP contribution is 2.16. The van der Waals surface area contributed by atoms with E-state index in [1.54, 1.807) is 13.2 Å². The molecule has 0 radical (unpaired) electrons. The maximum absolute atomic E-state index is 12.3. The van der Waals surface area contributed by atoms with Gasteiger partial charge < -0.3 is 15.0 Å². The molecule has 122 valence electrons. The minimum absolute atomic E-state index is 0.0258. The standard InChI is InChI=1S/C18H21ClN2O2/c1-3-21(12-14-7-4-5-10-17(14)19)13-18(22)20-15-8-6-9-16(11-15)23-2/h4-11H,3,12-13H2,1-2H3,(H,20,22)/p+1. The van der Waals surface area contributed by atoms with E-state index in [-0.39, 0.29) is 5.91 Å². The van der Waals surface area contributed by atoms with Crippen LogP contribution in [0.3, 0.4) is 0 Å². The van der Waals surface area contributed by atoms with Crippen molar-refractivity contribution in [3.63, 3.8) is 0 Å². The van der Waals surface area contributed by atoms with Crippen molar-refractivity contribution < 1.29 is 14.4 Å². The molecule has 2 aromatic rings. The molecule has 0 bridgehead atoms. The van der Waals surface area contributed by atoms with Gasteiger partial charge in [-0.3, -0.25) is 4.79 Å². The summed E-state index contributed by atoms with van der Waals surface area (Å²) in [7, 11) is 1.60. The van der Waals surface area contributed by atoms with Crippen LogP contribution in [0.1, 0.15) is 12.5 Å². The van der Waals surface area contributed by atoms with Crippen molar-refractivity contribution in [3.8, 4) is 5.75 Å². The fraction of sp³-hybridized carbons (Fsp3) is 0.278. The van der Waals surface area contributed by atoms with Gasteiger partial charge in [-0.15, -0.1) is 0 Å². The molecule has 0 fully saturated rings. The summed E-state index contributed by atoms with van der Waals surface area (Å²) in [5.41, 5.74) is 1.79. The first kappa shape index (κ1) is 17.3. The topological polar surface area (TPSA) is 42.8 Å². The van der Waals surface area contributed by atoms with Crippen LogP contribution < -0.4 is 15.0 Å². The highest BCUT2D eigenvalue weighted by Gasteiger charge is 2.15. The number of halogens is 1. The van der Waals surface area contributed by atoms with Gasteiger partial charge in [0.15, 0.2) is 6.54 Å². The molecule has 0 saturated heterocycles. The van der Waals surface area contributed by atoms with Crippen LogP contribution in [0.25, 0.3) is 0 Å². The number of carbonyl (C=O) groups is 1. The van der Waals surface area contributed by atoms with E-state index >= 15 is 0 Å². The normalized spacial score (nSPS) is 11.8. The third kappa shape index (κ3) is 5.27. The van der Waals surface area contributed by atoms with Crippen LogP contribution in [0.15, 0.2) is 48.5 Å². The van der Waals surface area contributed by atoms with Crippen molar-refractivity contribution in [1.29, 1.82) is 0 Å². The molecule has 0 spiro atoms. The molecule has 0 aliphatic rings. The average Bonchev–Trinajstić information content (AvgIpc) is 2.56. The summed E-state index contributed by atoms with van der Waals surface area (Å²) in [5.74, 6) is 0.695. The number of methoxy groups -OCH3 is 1. The minimum atomic E-state index is -0.0258. The largest absolute Gasteiger partial charge is 0.497 e. The Morgan fingerprint density at radius 3 is 2.70 bits per heavy atom. The molecule has 0 heterocycles.